The zero-order valence-electron chi connectivity index (χ0n) is 12.9. The lowest BCUT2D eigenvalue weighted by Crippen LogP contribution is -2.06. The molecule has 0 amide bonds. The molecule has 1 unspecified atom stereocenters. The van der Waals surface area contributed by atoms with Crippen LogP contribution in [-0.2, 0) is 0 Å². The van der Waals surface area contributed by atoms with E-state index in [0.29, 0.717) is 0 Å². The van der Waals surface area contributed by atoms with E-state index in [4.69, 9.17) is 11.6 Å². The molecule has 0 aliphatic carbocycles. The molecular formula is C18H19BrClI. The number of hydrogen-bond acceptors (Lipinski definition) is 0. The Morgan fingerprint density at radius 2 is 1.38 bits per heavy atom. The summed E-state index contributed by atoms with van der Waals surface area (Å²) in [6.45, 7) is 10.9. The van der Waals surface area contributed by atoms with Crippen molar-refractivity contribution in [3.8, 4) is 0 Å². The van der Waals surface area contributed by atoms with Crippen LogP contribution in [0.3, 0.4) is 0 Å². The molecule has 2 aromatic carbocycles. The van der Waals surface area contributed by atoms with Gasteiger partial charge in [0.1, 0.15) is 0 Å². The summed E-state index contributed by atoms with van der Waals surface area (Å²) in [5.74, 6) is 0. The van der Waals surface area contributed by atoms with Gasteiger partial charge >= 0.3 is 0 Å². The minimum absolute atomic E-state index is 0.132. The Balaban J connectivity index is 2.69. The van der Waals surface area contributed by atoms with Gasteiger partial charge in [-0.3, -0.25) is 0 Å². The Labute approximate surface area is 154 Å². The van der Waals surface area contributed by atoms with Crippen molar-refractivity contribution in [2.75, 3.05) is 0 Å². The second-order valence-corrected chi connectivity index (χ2v) is 8.10. The van der Waals surface area contributed by atoms with Crippen LogP contribution in [0.1, 0.15) is 44.3 Å². The average molecular weight is 478 g/mol. The molecule has 0 aromatic heterocycles. The smallest absolute Gasteiger partial charge is 0.0851 e. The minimum atomic E-state index is -0.132. The van der Waals surface area contributed by atoms with Gasteiger partial charge in [0.15, 0.2) is 0 Å². The predicted molar refractivity (Wildman–Crippen MR) is 105 cm³/mol. The van der Waals surface area contributed by atoms with Crippen LogP contribution in [-0.4, -0.2) is 0 Å². The van der Waals surface area contributed by atoms with E-state index < -0.39 is 0 Å². The SMILES string of the molecule is Cc1c(C)c(C)c(C(Cl)c2cc(I)ccc2Br)c(C)c1C. The lowest BCUT2D eigenvalue weighted by atomic mass is 9.86. The van der Waals surface area contributed by atoms with Crippen molar-refractivity contribution in [3.63, 3.8) is 0 Å². The van der Waals surface area contributed by atoms with E-state index in [1.165, 1.54) is 37.0 Å². The maximum absolute atomic E-state index is 6.88. The quantitative estimate of drug-likeness (QED) is 0.325. The summed E-state index contributed by atoms with van der Waals surface area (Å²) >= 11 is 12.9. The molecule has 0 nitrogen and oxygen atoms in total. The minimum Gasteiger partial charge on any atom is -0.113 e. The van der Waals surface area contributed by atoms with E-state index in [-0.39, 0.29) is 5.38 Å². The van der Waals surface area contributed by atoms with Crippen LogP contribution in [0.2, 0.25) is 0 Å². The molecule has 0 bridgehead atoms. The molecule has 0 saturated carbocycles. The molecule has 0 N–H and O–H groups in total. The molecule has 2 aromatic rings. The fourth-order valence-electron chi connectivity index (χ4n) is 2.77. The van der Waals surface area contributed by atoms with E-state index in [9.17, 15) is 0 Å². The summed E-state index contributed by atoms with van der Waals surface area (Å²) in [7, 11) is 0. The highest BCUT2D eigenvalue weighted by Crippen LogP contribution is 2.40. The van der Waals surface area contributed by atoms with Gasteiger partial charge < -0.3 is 0 Å². The van der Waals surface area contributed by atoms with Gasteiger partial charge in [0.25, 0.3) is 0 Å². The summed E-state index contributed by atoms with van der Waals surface area (Å²) in [5, 5.41) is -0.132. The van der Waals surface area contributed by atoms with Crippen molar-refractivity contribution >= 4 is 50.1 Å². The molecular weight excluding hydrogens is 458 g/mol. The Kier molecular flexibility index (Phi) is 5.43. The summed E-state index contributed by atoms with van der Waals surface area (Å²) in [6, 6.07) is 6.32. The first-order chi connectivity index (χ1) is 9.75. The van der Waals surface area contributed by atoms with Gasteiger partial charge in [-0.05, 0) is 114 Å². The van der Waals surface area contributed by atoms with Crippen LogP contribution < -0.4 is 0 Å². The first-order valence-corrected chi connectivity index (χ1v) is 9.22. The van der Waals surface area contributed by atoms with Gasteiger partial charge in [-0.15, -0.1) is 11.6 Å². The number of alkyl halides is 1. The molecule has 0 heterocycles. The average Bonchev–Trinajstić information content (AvgIpc) is 2.45. The Morgan fingerprint density at radius 1 is 0.905 bits per heavy atom. The van der Waals surface area contributed by atoms with E-state index in [1.807, 2.05) is 0 Å². The standard InChI is InChI=1S/C18H19BrClI/c1-9-10(2)12(4)17(13(5)11(9)3)18(20)15-8-14(21)6-7-16(15)19/h6-8,18H,1-5H3. The molecule has 1 atom stereocenters. The van der Waals surface area contributed by atoms with Crippen molar-refractivity contribution in [1.29, 1.82) is 0 Å². The van der Waals surface area contributed by atoms with Crippen LogP contribution in [0.25, 0.3) is 0 Å². The zero-order valence-corrected chi connectivity index (χ0v) is 17.4. The van der Waals surface area contributed by atoms with Gasteiger partial charge in [0.05, 0.1) is 5.38 Å². The Hall–Kier alpha value is -0.0600. The Bertz CT molecular complexity index is 678. The molecule has 0 aliphatic heterocycles. The Morgan fingerprint density at radius 3 is 1.90 bits per heavy atom. The molecule has 0 radical (unpaired) electrons. The maximum atomic E-state index is 6.88. The van der Waals surface area contributed by atoms with Crippen molar-refractivity contribution in [1.82, 2.24) is 0 Å². The number of rotatable bonds is 2. The fraction of sp³-hybridized carbons (Fsp3) is 0.333. The third kappa shape index (κ3) is 3.18. The second-order valence-electron chi connectivity index (χ2n) is 5.57. The van der Waals surface area contributed by atoms with Crippen LogP contribution in [0.4, 0.5) is 0 Å². The van der Waals surface area contributed by atoms with Crippen LogP contribution in [0.15, 0.2) is 22.7 Å². The highest BCUT2D eigenvalue weighted by atomic mass is 127. The predicted octanol–water partition coefficient (Wildman–Crippen LogP) is 6.92. The summed E-state index contributed by atoms with van der Waals surface area (Å²) in [5.41, 5.74) is 9.07. The van der Waals surface area contributed by atoms with E-state index in [1.54, 1.807) is 0 Å². The monoisotopic (exact) mass is 476 g/mol. The normalized spacial score (nSPS) is 12.6. The lowest BCUT2D eigenvalue weighted by molar-refractivity contribution is 1.03. The molecule has 0 fully saturated rings. The lowest BCUT2D eigenvalue weighted by Gasteiger charge is -2.23. The van der Waals surface area contributed by atoms with Crippen LogP contribution >= 0.6 is 50.1 Å². The largest absolute Gasteiger partial charge is 0.113 e. The van der Waals surface area contributed by atoms with Crippen LogP contribution in [0, 0.1) is 38.2 Å². The van der Waals surface area contributed by atoms with Gasteiger partial charge in [-0.2, -0.15) is 0 Å². The molecule has 2 rings (SSSR count). The highest BCUT2D eigenvalue weighted by molar-refractivity contribution is 14.1. The summed E-state index contributed by atoms with van der Waals surface area (Å²) < 4.78 is 2.27. The van der Waals surface area contributed by atoms with Crippen molar-refractivity contribution in [3.05, 3.63) is 65.2 Å². The van der Waals surface area contributed by atoms with E-state index in [2.05, 4.69) is 91.3 Å². The molecule has 21 heavy (non-hydrogen) atoms. The van der Waals surface area contributed by atoms with E-state index in [0.717, 1.165) is 10.0 Å². The molecule has 112 valence electrons. The van der Waals surface area contributed by atoms with Crippen LogP contribution in [0.5, 0.6) is 0 Å². The van der Waals surface area contributed by atoms with Crippen molar-refractivity contribution in [2.24, 2.45) is 0 Å². The molecule has 3 heteroatoms. The fourth-order valence-corrected chi connectivity index (χ4v) is 4.40. The molecule has 0 aliphatic rings. The first kappa shape index (κ1) is 17.3. The first-order valence-electron chi connectivity index (χ1n) is 6.91. The summed E-state index contributed by atoms with van der Waals surface area (Å²) in [6.07, 6.45) is 0. The molecule has 0 spiro atoms. The molecule has 0 saturated heterocycles. The second kappa shape index (κ2) is 6.59. The topological polar surface area (TPSA) is 0 Å². The third-order valence-corrected chi connectivity index (χ3v) is 6.39. The third-order valence-electron chi connectivity index (χ3n) is 4.54. The van der Waals surface area contributed by atoms with Gasteiger partial charge in [0.2, 0.25) is 0 Å². The number of hydrogen-bond donors (Lipinski definition) is 0. The van der Waals surface area contributed by atoms with Crippen molar-refractivity contribution in [2.45, 2.75) is 40.0 Å². The number of benzene rings is 2. The van der Waals surface area contributed by atoms with Gasteiger partial charge in [-0.25, -0.2) is 0 Å². The van der Waals surface area contributed by atoms with Gasteiger partial charge in [0, 0.05) is 8.04 Å². The maximum Gasteiger partial charge on any atom is 0.0851 e. The zero-order chi connectivity index (χ0) is 15.9. The highest BCUT2D eigenvalue weighted by Gasteiger charge is 2.21. The number of halogens is 3. The van der Waals surface area contributed by atoms with Crippen molar-refractivity contribution < 1.29 is 0 Å². The van der Waals surface area contributed by atoms with Gasteiger partial charge in [-0.1, -0.05) is 15.9 Å². The van der Waals surface area contributed by atoms with E-state index >= 15 is 0 Å². The summed E-state index contributed by atoms with van der Waals surface area (Å²) in [4.78, 5) is 0.